The van der Waals surface area contributed by atoms with Crippen molar-refractivity contribution in [3.05, 3.63) is 0 Å². The van der Waals surface area contributed by atoms with Crippen molar-refractivity contribution in [3.63, 3.8) is 0 Å². The monoisotopic (exact) mass is 477 g/mol. The third-order valence-corrected chi connectivity index (χ3v) is 3.92. The van der Waals surface area contributed by atoms with Crippen molar-refractivity contribution in [1.82, 2.24) is 9.97 Å². The molecule has 0 aromatic heterocycles. The predicted molar refractivity (Wildman–Crippen MR) is 109 cm³/mol. The minimum Gasteiger partial charge on any atom is -0.378 e. The Bertz CT molecular complexity index is 599. The van der Waals surface area contributed by atoms with Gasteiger partial charge in [-0.15, -0.1) is 5.06 Å². The van der Waals surface area contributed by atoms with Gasteiger partial charge in [0.2, 0.25) is 4.91 Å². The molecule has 1 rings (SSSR count). The molecule has 0 aliphatic carbocycles. The first-order chi connectivity index (χ1) is 16.1. The Labute approximate surface area is 191 Å². The number of hydrogen-bond donors (Lipinski definition) is 1. The summed E-state index contributed by atoms with van der Waals surface area (Å²) in [6, 6.07) is 0. The zero-order valence-corrected chi connectivity index (χ0v) is 18.7. The Kier molecular flexibility index (Phi) is 17.7. The molecule has 1 fully saturated rings. The number of imide groups is 1. The highest BCUT2D eigenvalue weighted by Gasteiger charge is 2.32. The summed E-state index contributed by atoms with van der Waals surface area (Å²) in [7, 11) is 0. The molecule has 0 aromatic carbocycles. The van der Waals surface area contributed by atoms with Gasteiger partial charge >= 0.3 is 5.97 Å². The second-order valence-electron chi connectivity index (χ2n) is 6.43. The quantitative estimate of drug-likeness (QED) is 0.0939. The number of hydrogen-bond acceptors (Lipinski definition) is 12. The summed E-state index contributed by atoms with van der Waals surface area (Å²) in [5, 5.41) is 3.97. The molecule has 1 N–H and O–H groups in total. The van der Waals surface area contributed by atoms with E-state index in [0.717, 1.165) is 0 Å². The summed E-state index contributed by atoms with van der Waals surface area (Å²) in [4.78, 5) is 41.8. The first-order valence-electron chi connectivity index (χ1n) is 10.7. The van der Waals surface area contributed by atoms with Gasteiger partial charge in [0, 0.05) is 12.8 Å². The SMILES string of the molecule is N=[N+]=NCCOCCOCCOCCOCCOCCOCCC(=O)ON1C(=O)CCC1=O. The number of hydroxylamine groups is 2. The first kappa shape index (κ1) is 28.7. The van der Waals surface area contributed by atoms with Gasteiger partial charge in [0.25, 0.3) is 11.8 Å². The Morgan fingerprint density at radius 2 is 1.12 bits per heavy atom. The Balaban J connectivity index is 1.74. The minimum atomic E-state index is -0.698. The first-order valence-corrected chi connectivity index (χ1v) is 10.7. The van der Waals surface area contributed by atoms with Gasteiger partial charge in [0.05, 0.1) is 85.7 Å². The lowest BCUT2D eigenvalue weighted by Gasteiger charge is -2.12. The van der Waals surface area contributed by atoms with Gasteiger partial charge in [-0.25, -0.2) is 4.79 Å². The number of amides is 2. The fourth-order valence-corrected chi connectivity index (χ4v) is 2.32. The van der Waals surface area contributed by atoms with Crippen LogP contribution in [-0.2, 0) is 47.6 Å². The van der Waals surface area contributed by atoms with Crippen LogP contribution in [0, 0.1) is 5.53 Å². The molecule has 2 amide bonds. The van der Waals surface area contributed by atoms with E-state index in [0.29, 0.717) is 84.3 Å². The summed E-state index contributed by atoms with van der Waals surface area (Å²) in [5.74, 6) is -1.72. The van der Waals surface area contributed by atoms with Gasteiger partial charge in [-0.3, -0.25) is 9.59 Å². The van der Waals surface area contributed by atoms with Crippen molar-refractivity contribution >= 4 is 17.8 Å². The molecular formula is C19H33N4O10+. The van der Waals surface area contributed by atoms with Crippen LogP contribution in [-0.4, -0.2) is 109 Å². The van der Waals surface area contributed by atoms with Crippen molar-refractivity contribution in [2.24, 2.45) is 5.11 Å². The predicted octanol–water partition coefficient (Wildman–Crippen LogP) is -0.366. The van der Waals surface area contributed by atoms with Crippen molar-refractivity contribution in [1.29, 1.82) is 5.53 Å². The van der Waals surface area contributed by atoms with Crippen LogP contribution < -0.4 is 4.91 Å². The highest BCUT2D eigenvalue weighted by atomic mass is 16.7. The molecule has 1 saturated heterocycles. The highest BCUT2D eigenvalue weighted by Crippen LogP contribution is 2.12. The van der Waals surface area contributed by atoms with E-state index in [1.54, 1.807) is 0 Å². The fraction of sp³-hybridized carbons (Fsp3) is 0.842. The van der Waals surface area contributed by atoms with Crippen LogP contribution in [0.1, 0.15) is 19.3 Å². The lowest BCUT2D eigenvalue weighted by Crippen LogP contribution is -2.32. The molecule has 0 spiro atoms. The minimum absolute atomic E-state index is 0.0625. The van der Waals surface area contributed by atoms with Crippen LogP contribution in [0.3, 0.4) is 0 Å². The van der Waals surface area contributed by atoms with E-state index in [1.807, 2.05) is 0 Å². The maximum atomic E-state index is 11.6. The lowest BCUT2D eigenvalue weighted by molar-refractivity contribution is -0.198. The van der Waals surface area contributed by atoms with Gasteiger partial charge in [0.15, 0.2) is 0 Å². The summed E-state index contributed by atoms with van der Waals surface area (Å²) in [6.45, 7) is 5.07. The standard InChI is InChI=1S/C19H33N4O10/c20-22-21-4-6-28-8-10-30-12-14-32-16-15-31-13-11-29-9-7-27-5-3-19(26)33-23-17(24)1-2-18(23)25/h20H,1-16H2/q+1. The van der Waals surface area contributed by atoms with E-state index >= 15 is 0 Å². The second-order valence-corrected chi connectivity index (χ2v) is 6.43. The Hall–Kier alpha value is -2.32. The van der Waals surface area contributed by atoms with Crippen LogP contribution >= 0.6 is 0 Å². The van der Waals surface area contributed by atoms with E-state index in [2.05, 4.69) is 10.0 Å². The number of ether oxygens (including phenoxy) is 6. The topological polar surface area (TPSA) is 169 Å². The summed E-state index contributed by atoms with van der Waals surface area (Å²) < 4.78 is 31.8. The van der Waals surface area contributed by atoms with Gasteiger partial charge in [0.1, 0.15) is 17.2 Å². The van der Waals surface area contributed by atoms with E-state index in [4.69, 9.17) is 38.8 Å². The van der Waals surface area contributed by atoms with Crippen LogP contribution in [0.5, 0.6) is 0 Å². The molecule has 0 radical (unpaired) electrons. The summed E-state index contributed by atoms with van der Waals surface area (Å²) in [6.07, 6.45) is 0.0554. The van der Waals surface area contributed by atoms with E-state index in [-0.39, 0.29) is 25.9 Å². The Morgan fingerprint density at radius 3 is 1.55 bits per heavy atom. The van der Waals surface area contributed by atoms with Gasteiger partial charge < -0.3 is 33.3 Å². The molecule has 0 atom stereocenters. The molecule has 0 saturated carbocycles. The largest absolute Gasteiger partial charge is 0.378 e. The molecule has 1 aliphatic heterocycles. The summed E-state index contributed by atoms with van der Waals surface area (Å²) >= 11 is 0. The zero-order valence-electron chi connectivity index (χ0n) is 18.7. The molecule has 0 aromatic rings. The third-order valence-electron chi connectivity index (χ3n) is 3.92. The van der Waals surface area contributed by atoms with Gasteiger partial charge in [-0.1, -0.05) is 0 Å². The van der Waals surface area contributed by atoms with Crippen molar-refractivity contribution in [2.75, 3.05) is 85.8 Å². The third kappa shape index (κ3) is 16.0. The maximum Gasteiger partial charge on any atom is 0.335 e. The zero-order chi connectivity index (χ0) is 24.0. The molecule has 33 heavy (non-hydrogen) atoms. The highest BCUT2D eigenvalue weighted by molar-refractivity contribution is 6.01. The molecule has 1 aliphatic rings. The van der Waals surface area contributed by atoms with Crippen LogP contribution in [0.2, 0.25) is 0 Å². The average Bonchev–Trinajstić information content (AvgIpc) is 3.12. The van der Waals surface area contributed by atoms with Crippen LogP contribution in [0.4, 0.5) is 0 Å². The van der Waals surface area contributed by atoms with Crippen LogP contribution in [0.15, 0.2) is 5.11 Å². The number of carbonyl (C=O) groups is 3. The average molecular weight is 477 g/mol. The van der Waals surface area contributed by atoms with Gasteiger partial charge in [-0.05, 0) is 0 Å². The maximum absolute atomic E-state index is 11.6. The van der Waals surface area contributed by atoms with Crippen molar-refractivity contribution < 1.29 is 47.6 Å². The molecule has 1 heterocycles. The lowest BCUT2D eigenvalue weighted by atomic mass is 10.4. The normalized spacial score (nSPS) is 13.4. The second kappa shape index (κ2) is 20.3. The molecule has 0 unspecified atom stereocenters. The molecule has 14 heteroatoms. The van der Waals surface area contributed by atoms with E-state index < -0.39 is 17.8 Å². The number of rotatable bonds is 22. The smallest absolute Gasteiger partial charge is 0.335 e. The van der Waals surface area contributed by atoms with Gasteiger partial charge in [-0.2, -0.15) is 0 Å². The van der Waals surface area contributed by atoms with E-state index in [1.165, 1.54) is 0 Å². The number of nitrogens with zero attached hydrogens (tertiary/aromatic N) is 3. The molecule has 188 valence electrons. The molecular weight excluding hydrogens is 444 g/mol. The number of nitrogens with one attached hydrogen (secondary N) is 1. The summed E-state index contributed by atoms with van der Waals surface area (Å²) in [5.41, 5.74) is 6.48. The van der Waals surface area contributed by atoms with Crippen molar-refractivity contribution in [3.8, 4) is 0 Å². The van der Waals surface area contributed by atoms with Crippen LogP contribution in [0.25, 0.3) is 0 Å². The van der Waals surface area contributed by atoms with Crippen molar-refractivity contribution in [2.45, 2.75) is 19.3 Å². The molecule has 14 nitrogen and oxygen atoms in total. The number of carbonyl (C=O) groups excluding carboxylic acids is 3. The Morgan fingerprint density at radius 1 is 0.727 bits per heavy atom. The van der Waals surface area contributed by atoms with E-state index in [9.17, 15) is 14.4 Å². The fourth-order valence-electron chi connectivity index (χ4n) is 2.32. The molecule has 0 bridgehead atoms.